The number of ether oxygens (including phenoxy) is 2. The Hall–Kier alpha value is -3.64. The smallest absolute Gasteiger partial charge is 0.433 e. The molecule has 0 saturated heterocycles. The molecular formula is C22H25F3N6O4. The summed E-state index contributed by atoms with van der Waals surface area (Å²) in [7, 11) is 1.70. The number of rotatable bonds is 6. The number of fused-ring (bicyclic) bond motifs is 1. The van der Waals surface area contributed by atoms with Crippen LogP contribution in [-0.4, -0.2) is 58.2 Å². The lowest BCUT2D eigenvalue weighted by Gasteiger charge is -2.38. The number of esters is 1. The minimum atomic E-state index is -4.49. The zero-order chi connectivity index (χ0) is 25.5. The highest BCUT2D eigenvalue weighted by Gasteiger charge is 2.39. The van der Waals surface area contributed by atoms with Crippen molar-refractivity contribution < 1.29 is 32.2 Å². The molecule has 0 aromatic carbocycles. The van der Waals surface area contributed by atoms with E-state index in [-0.39, 0.29) is 23.8 Å². The molecule has 2 atom stereocenters. The van der Waals surface area contributed by atoms with Crippen LogP contribution in [0.5, 0.6) is 5.75 Å². The lowest BCUT2D eigenvalue weighted by molar-refractivity contribution is -0.147. The van der Waals surface area contributed by atoms with Gasteiger partial charge in [0.15, 0.2) is 5.82 Å². The number of pyridine rings is 1. The van der Waals surface area contributed by atoms with Gasteiger partial charge in [0, 0.05) is 32.9 Å². The number of carbonyl (C=O) groups is 2. The molecule has 1 fully saturated rings. The SMILES string of the molecule is CC(=O)O[C@@H](C)[C@H]1C(=O)Nc2c(C)nc(N[C@H]3C[C@H](Oc4ccc(C(F)(F)F)nc4)C3)nc2N1C. The van der Waals surface area contributed by atoms with Crippen LogP contribution in [0.1, 0.15) is 38.1 Å². The van der Waals surface area contributed by atoms with Crippen molar-refractivity contribution in [2.24, 2.45) is 0 Å². The fraction of sp³-hybridized carbons (Fsp3) is 0.500. The summed E-state index contributed by atoms with van der Waals surface area (Å²) in [4.78, 5) is 38.0. The van der Waals surface area contributed by atoms with Gasteiger partial charge in [0.2, 0.25) is 5.95 Å². The number of nitrogens with one attached hydrogen (secondary N) is 2. The number of hydrogen-bond acceptors (Lipinski definition) is 9. The molecule has 2 aromatic rings. The highest BCUT2D eigenvalue weighted by molar-refractivity contribution is 6.03. The van der Waals surface area contributed by atoms with Gasteiger partial charge >= 0.3 is 12.1 Å². The summed E-state index contributed by atoms with van der Waals surface area (Å²) < 4.78 is 48.8. The Morgan fingerprint density at radius 2 is 2.00 bits per heavy atom. The number of carbonyl (C=O) groups excluding carboxylic acids is 2. The quantitative estimate of drug-likeness (QED) is 0.585. The molecule has 1 saturated carbocycles. The molecule has 2 N–H and O–H groups in total. The number of amides is 1. The number of likely N-dealkylation sites (N-methyl/N-ethyl adjacent to an activating group) is 1. The molecule has 13 heteroatoms. The first-order valence-corrected chi connectivity index (χ1v) is 11.0. The van der Waals surface area contributed by atoms with Gasteiger partial charge in [-0.1, -0.05) is 0 Å². The summed E-state index contributed by atoms with van der Waals surface area (Å²) >= 11 is 0. The molecule has 10 nitrogen and oxygen atoms in total. The Morgan fingerprint density at radius 3 is 2.60 bits per heavy atom. The molecule has 3 heterocycles. The Morgan fingerprint density at radius 1 is 1.29 bits per heavy atom. The van der Waals surface area contributed by atoms with E-state index in [0.717, 1.165) is 12.3 Å². The van der Waals surface area contributed by atoms with Crippen molar-refractivity contribution in [3.8, 4) is 5.75 Å². The number of hydrogen-bond donors (Lipinski definition) is 2. The van der Waals surface area contributed by atoms with Gasteiger partial charge < -0.3 is 25.0 Å². The van der Waals surface area contributed by atoms with Gasteiger partial charge in [-0.15, -0.1) is 0 Å². The number of aromatic nitrogens is 3. The molecule has 1 aliphatic heterocycles. The second-order valence-electron chi connectivity index (χ2n) is 8.62. The van der Waals surface area contributed by atoms with Crippen LogP contribution in [0.2, 0.25) is 0 Å². The third-order valence-corrected chi connectivity index (χ3v) is 5.89. The Bertz CT molecular complexity index is 1120. The van der Waals surface area contributed by atoms with E-state index in [4.69, 9.17) is 9.47 Å². The van der Waals surface area contributed by atoms with Crippen LogP contribution >= 0.6 is 0 Å². The molecule has 4 rings (SSSR count). The van der Waals surface area contributed by atoms with Gasteiger partial charge in [-0.05, 0) is 26.0 Å². The van der Waals surface area contributed by atoms with Crippen molar-refractivity contribution in [3.05, 3.63) is 29.7 Å². The maximum atomic E-state index is 12.6. The molecule has 1 amide bonds. The largest absolute Gasteiger partial charge is 0.489 e. The maximum absolute atomic E-state index is 12.6. The minimum absolute atomic E-state index is 0.000822. The summed E-state index contributed by atoms with van der Waals surface area (Å²) in [6.07, 6.45) is -3.11. The van der Waals surface area contributed by atoms with Crippen molar-refractivity contribution in [2.45, 2.75) is 64.1 Å². The van der Waals surface area contributed by atoms with E-state index < -0.39 is 30.0 Å². The average molecular weight is 494 g/mol. The highest BCUT2D eigenvalue weighted by atomic mass is 19.4. The van der Waals surface area contributed by atoms with E-state index in [1.807, 2.05) is 0 Å². The Labute approximate surface area is 199 Å². The van der Waals surface area contributed by atoms with Crippen LogP contribution < -0.4 is 20.3 Å². The van der Waals surface area contributed by atoms with Gasteiger partial charge in [0.05, 0.1) is 11.9 Å². The fourth-order valence-electron chi connectivity index (χ4n) is 4.16. The highest BCUT2D eigenvalue weighted by Crippen LogP contribution is 2.35. The first-order valence-electron chi connectivity index (χ1n) is 11.0. The number of nitrogens with zero attached hydrogens (tertiary/aromatic N) is 4. The predicted octanol–water partition coefficient (Wildman–Crippen LogP) is 2.93. The molecule has 0 unspecified atom stereocenters. The molecule has 2 aromatic heterocycles. The molecule has 2 aliphatic rings. The van der Waals surface area contributed by atoms with Crippen LogP contribution in [0.15, 0.2) is 18.3 Å². The molecular weight excluding hydrogens is 469 g/mol. The van der Waals surface area contributed by atoms with Crippen LogP contribution in [0.3, 0.4) is 0 Å². The van der Waals surface area contributed by atoms with Crippen molar-refractivity contribution in [3.63, 3.8) is 0 Å². The second kappa shape index (κ2) is 9.19. The molecule has 0 radical (unpaired) electrons. The lowest BCUT2D eigenvalue weighted by atomic mass is 9.89. The monoisotopic (exact) mass is 494 g/mol. The number of anilines is 3. The van der Waals surface area contributed by atoms with Crippen LogP contribution in [0.25, 0.3) is 0 Å². The van der Waals surface area contributed by atoms with Gasteiger partial charge in [-0.2, -0.15) is 18.2 Å². The summed E-state index contributed by atoms with van der Waals surface area (Å²) in [6.45, 7) is 4.67. The average Bonchev–Trinajstić information content (AvgIpc) is 2.72. The molecule has 1 aliphatic carbocycles. The normalized spacial score (nSPS) is 22.4. The van der Waals surface area contributed by atoms with Crippen LogP contribution in [0, 0.1) is 6.92 Å². The number of aryl methyl sites for hydroxylation is 1. The first-order chi connectivity index (χ1) is 16.4. The van der Waals surface area contributed by atoms with Gasteiger partial charge in [-0.25, -0.2) is 9.97 Å². The van der Waals surface area contributed by atoms with Crippen LogP contribution in [-0.2, 0) is 20.5 Å². The van der Waals surface area contributed by atoms with E-state index in [2.05, 4.69) is 25.6 Å². The minimum Gasteiger partial charge on any atom is -0.489 e. The number of alkyl halides is 3. The summed E-state index contributed by atoms with van der Waals surface area (Å²) in [5.41, 5.74) is 0.0850. The molecule has 0 bridgehead atoms. The lowest BCUT2D eigenvalue weighted by Crippen LogP contribution is -2.53. The zero-order valence-corrected chi connectivity index (χ0v) is 19.5. The van der Waals surface area contributed by atoms with Crippen molar-refractivity contribution in [1.29, 1.82) is 0 Å². The van der Waals surface area contributed by atoms with E-state index in [1.54, 1.807) is 25.8 Å². The van der Waals surface area contributed by atoms with Crippen molar-refractivity contribution >= 4 is 29.3 Å². The maximum Gasteiger partial charge on any atom is 0.433 e. The van der Waals surface area contributed by atoms with E-state index in [0.29, 0.717) is 36.0 Å². The predicted molar refractivity (Wildman–Crippen MR) is 119 cm³/mol. The van der Waals surface area contributed by atoms with Gasteiger partial charge in [0.1, 0.15) is 35.4 Å². The van der Waals surface area contributed by atoms with Crippen LogP contribution in [0.4, 0.5) is 30.6 Å². The number of halogens is 3. The molecule has 188 valence electrons. The van der Waals surface area contributed by atoms with Crippen molar-refractivity contribution in [2.75, 3.05) is 22.6 Å². The van der Waals surface area contributed by atoms with Gasteiger partial charge in [-0.3, -0.25) is 9.59 Å². The zero-order valence-electron chi connectivity index (χ0n) is 19.5. The Balaban J connectivity index is 1.39. The summed E-state index contributed by atoms with van der Waals surface area (Å²) in [6, 6.07) is 1.38. The third-order valence-electron chi connectivity index (χ3n) is 5.89. The van der Waals surface area contributed by atoms with E-state index >= 15 is 0 Å². The van der Waals surface area contributed by atoms with Crippen molar-refractivity contribution in [1.82, 2.24) is 15.0 Å². The van der Waals surface area contributed by atoms with Gasteiger partial charge in [0.25, 0.3) is 5.91 Å². The summed E-state index contributed by atoms with van der Waals surface area (Å²) in [5, 5.41) is 6.03. The second-order valence-corrected chi connectivity index (χ2v) is 8.62. The summed E-state index contributed by atoms with van der Waals surface area (Å²) in [5.74, 6) is 0.319. The van der Waals surface area contributed by atoms with E-state index in [1.165, 1.54) is 13.0 Å². The fourth-order valence-corrected chi connectivity index (χ4v) is 4.16. The molecule has 35 heavy (non-hydrogen) atoms. The topological polar surface area (TPSA) is 119 Å². The Kier molecular flexibility index (Phi) is 6.43. The standard InChI is InChI=1S/C22H25F3N6O4/c1-10-17-19(31(4)18(20(33)29-17)11(2)34-12(3)32)30-21(27-10)28-13-7-15(8-13)35-14-5-6-16(26-9-14)22(23,24)25/h5-6,9,11,13,15,18H,7-8H2,1-4H3,(H,29,33)(H,27,28,30)/t11-,13-,15-,18-/m0/s1. The van der Waals surface area contributed by atoms with E-state index in [9.17, 15) is 22.8 Å². The molecule has 0 spiro atoms. The first kappa shape index (κ1) is 24.5. The third kappa shape index (κ3) is 5.23.